The van der Waals surface area contributed by atoms with E-state index in [1.54, 1.807) is 0 Å². The first-order valence-electron chi connectivity index (χ1n) is 4.35. The number of hydrogen-bond donors (Lipinski definition) is 1. The van der Waals surface area contributed by atoms with Crippen LogP contribution in [0.1, 0.15) is 6.92 Å². The fourth-order valence-corrected chi connectivity index (χ4v) is 1.23. The molecule has 0 radical (unpaired) electrons. The van der Waals surface area contributed by atoms with Crippen LogP contribution in [0.5, 0.6) is 5.75 Å². The van der Waals surface area contributed by atoms with Crippen molar-refractivity contribution < 1.29 is 9.53 Å². The average Bonchev–Trinajstić information content (AvgIpc) is 2.21. The molecule has 0 fully saturated rings. The molecule has 0 aliphatic carbocycles. The normalized spacial score (nSPS) is 9.57. The van der Waals surface area contributed by atoms with E-state index in [1.165, 1.54) is 0 Å². The first-order valence-corrected chi connectivity index (χ1v) is 5.88. The second-order valence-corrected chi connectivity index (χ2v) is 3.37. The van der Waals surface area contributed by atoms with Crippen molar-refractivity contribution in [3.8, 4) is 5.75 Å². The third kappa shape index (κ3) is 3.17. The van der Waals surface area contributed by atoms with Gasteiger partial charge in [-0.3, -0.25) is 4.79 Å². The molecule has 0 heterocycles. The van der Waals surface area contributed by atoms with Crippen LogP contribution in [0.3, 0.4) is 0 Å². The molecule has 0 saturated heterocycles. The highest BCUT2D eigenvalue weighted by Gasteiger charge is 2.04. The Hall–Kier alpha value is -0.780. The standard InChI is InChI=1S/C10H12INO2/c1-2-14-9-6-4-3-5-8(9)12-10(13)7-11/h3-6H,2,7H2,1H3,(H,12,13). The number of hydrogen-bond acceptors (Lipinski definition) is 2. The van der Waals surface area contributed by atoms with Crippen LogP contribution in [0.4, 0.5) is 5.69 Å². The first kappa shape index (κ1) is 11.3. The van der Waals surface area contributed by atoms with Crippen molar-refractivity contribution in [3.05, 3.63) is 24.3 Å². The molecule has 0 aliphatic rings. The van der Waals surface area contributed by atoms with Gasteiger partial charge in [0.25, 0.3) is 0 Å². The second-order valence-electron chi connectivity index (χ2n) is 2.61. The molecule has 14 heavy (non-hydrogen) atoms. The third-order valence-corrected chi connectivity index (χ3v) is 2.28. The minimum atomic E-state index is -0.0160. The van der Waals surface area contributed by atoms with Crippen LogP contribution in [0.25, 0.3) is 0 Å². The summed E-state index contributed by atoms with van der Waals surface area (Å²) in [4.78, 5) is 11.2. The van der Waals surface area contributed by atoms with Gasteiger partial charge in [-0.05, 0) is 19.1 Å². The van der Waals surface area contributed by atoms with Crippen LogP contribution in [0.2, 0.25) is 0 Å². The maximum atomic E-state index is 11.2. The minimum Gasteiger partial charge on any atom is -0.492 e. The molecule has 0 saturated carbocycles. The molecule has 0 bridgehead atoms. The van der Waals surface area contributed by atoms with Crippen molar-refractivity contribution in [1.29, 1.82) is 0 Å². The summed E-state index contributed by atoms with van der Waals surface area (Å²) in [5, 5.41) is 2.77. The van der Waals surface area contributed by atoms with E-state index in [0.717, 1.165) is 5.69 Å². The average molecular weight is 305 g/mol. The molecule has 1 aromatic carbocycles. The van der Waals surface area contributed by atoms with Gasteiger partial charge in [0.2, 0.25) is 5.91 Å². The fourth-order valence-electron chi connectivity index (χ4n) is 1.03. The Balaban J connectivity index is 2.78. The van der Waals surface area contributed by atoms with Gasteiger partial charge in [-0.2, -0.15) is 0 Å². The van der Waals surface area contributed by atoms with Crippen LogP contribution in [0.15, 0.2) is 24.3 Å². The minimum absolute atomic E-state index is 0.0160. The molecule has 1 N–H and O–H groups in total. The molecular weight excluding hydrogens is 293 g/mol. The van der Waals surface area contributed by atoms with E-state index in [9.17, 15) is 4.79 Å². The molecule has 0 aromatic heterocycles. The number of carbonyl (C=O) groups excluding carboxylic acids is 1. The van der Waals surface area contributed by atoms with Crippen LogP contribution < -0.4 is 10.1 Å². The predicted octanol–water partition coefficient (Wildman–Crippen LogP) is 2.46. The molecule has 3 nitrogen and oxygen atoms in total. The molecule has 0 unspecified atom stereocenters. The van der Waals surface area contributed by atoms with Crippen molar-refractivity contribution in [2.24, 2.45) is 0 Å². The lowest BCUT2D eigenvalue weighted by atomic mass is 10.3. The number of alkyl halides is 1. The molecule has 1 rings (SSSR count). The smallest absolute Gasteiger partial charge is 0.234 e. The Morgan fingerprint density at radius 1 is 1.50 bits per heavy atom. The molecule has 4 heteroatoms. The summed E-state index contributed by atoms with van der Waals surface area (Å²) in [5.74, 6) is 0.700. The number of carbonyl (C=O) groups is 1. The van der Waals surface area contributed by atoms with Crippen LogP contribution in [0, 0.1) is 0 Å². The summed E-state index contributed by atoms with van der Waals surface area (Å²) in [7, 11) is 0. The number of rotatable bonds is 4. The van der Waals surface area contributed by atoms with Gasteiger partial charge in [-0.15, -0.1) is 0 Å². The highest BCUT2D eigenvalue weighted by atomic mass is 127. The number of benzene rings is 1. The van der Waals surface area contributed by atoms with Gasteiger partial charge in [0.15, 0.2) is 0 Å². The van der Waals surface area contributed by atoms with Gasteiger partial charge in [-0.1, -0.05) is 34.7 Å². The summed E-state index contributed by atoms with van der Waals surface area (Å²) >= 11 is 2.02. The molecule has 76 valence electrons. The molecule has 0 atom stereocenters. The number of para-hydroxylation sites is 2. The van der Waals surface area contributed by atoms with Crippen molar-refractivity contribution in [2.45, 2.75) is 6.92 Å². The highest BCUT2D eigenvalue weighted by Crippen LogP contribution is 2.23. The Morgan fingerprint density at radius 2 is 2.21 bits per heavy atom. The maximum absolute atomic E-state index is 11.2. The van der Waals surface area contributed by atoms with Gasteiger partial charge in [0.05, 0.1) is 16.7 Å². The largest absolute Gasteiger partial charge is 0.492 e. The molecule has 1 amide bonds. The van der Waals surface area contributed by atoms with Gasteiger partial charge in [0, 0.05) is 0 Å². The third-order valence-electron chi connectivity index (χ3n) is 1.58. The monoisotopic (exact) mass is 305 g/mol. The van der Waals surface area contributed by atoms with Crippen molar-refractivity contribution in [3.63, 3.8) is 0 Å². The lowest BCUT2D eigenvalue weighted by Crippen LogP contribution is -2.13. The number of ether oxygens (including phenoxy) is 1. The van der Waals surface area contributed by atoms with Gasteiger partial charge in [0.1, 0.15) is 5.75 Å². The van der Waals surface area contributed by atoms with E-state index >= 15 is 0 Å². The van der Waals surface area contributed by atoms with Crippen LogP contribution >= 0.6 is 22.6 Å². The topological polar surface area (TPSA) is 38.3 Å². The molecule has 0 spiro atoms. The Morgan fingerprint density at radius 3 is 2.86 bits per heavy atom. The number of anilines is 1. The zero-order chi connectivity index (χ0) is 10.4. The van der Waals surface area contributed by atoms with Crippen molar-refractivity contribution in [1.82, 2.24) is 0 Å². The molecule has 1 aromatic rings. The van der Waals surface area contributed by atoms with E-state index in [4.69, 9.17) is 4.74 Å². The maximum Gasteiger partial charge on any atom is 0.234 e. The molecule has 0 aliphatic heterocycles. The summed E-state index contributed by atoms with van der Waals surface area (Å²) in [6.07, 6.45) is 0. The SMILES string of the molecule is CCOc1ccccc1NC(=O)CI. The number of amides is 1. The van der Waals surface area contributed by atoms with Crippen molar-refractivity contribution in [2.75, 3.05) is 16.4 Å². The summed E-state index contributed by atoms with van der Waals surface area (Å²) < 4.78 is 5.81. The first-order chi connectivity index (χ1) is 6.77. The van der Waals surface area contributed by atoms with E-state index < -0.39 is 0 Å². The summed E-state index contributed by atoms with van der Waals surface area (Å²) in [5.41, 5.74) is 0.732. The number of halogens is 1. The van der Waals surface area contributed by atoms with Gasteiger partial charge < -0.3 is 10.1 Å². The van der Waals surface area contributed by atoms with Gasteiger partial charge >= 0.3 is 0 Å². The lowest BCUT2D eigenvalue weighted by molar-refractivity contribution is -0.113. The molecular formula is C10H12INO2. The zero-order valence-electron chi connectivity index (χ0n) is 7.92. The van der Waals surface area contributed by atoms with Crippen LogP contribution in [-0.2, 0) is 4.79 Å². The van der Waals surface area contributed by atoms with Crippen LogP contribution in [-0.4, -0.2) is 16.9 Å². The van der Waals surface area contributed by atoms with E-state index in [1.807, 2.05) is 53.8 Å². The quantitative estimate of drug-likeness (QED) is 0.685. The number of nitrogens with one attached hydrogen (secondary N) is 1. The summed E-state index contributed by atoms with van der Waals surface area (Å²) in [6.45, 7) is 2.51. The summed E-state index contributed by atoms with van der Waals surface area (Å²) in [6, 6.07) is 7.41. The lowest BCUT2D eigenvalue weighted by Gasteiger charge is -2.09. The van der Waals surface area contributed by atoms with Gasteiger partial charge in [-0.25, -0.2) is 0 Å². The Kier molecular flexibility index (Phi) is 4.72. The Bertz CT molecular complexity index is 315. The zero-order valence-corrected chi connectivity index (χ0v) is 10.1. The fraction of sp³-hybridized carbons (Fsp3) is 0.300. The van der Waals surface area contributed by atoms with E-state index in [0.29, 0.717) is 16.8 Å². The van der Waals surface area contributed by atoms with Crippen molar-refractivity contribution >= 4 is 34.2 Å². The van der Waals surface area contributed by atoms with E-state index in [-0.39, 0.29) is 5.91 Å². The highest BCUT2D eigenvalue weighted by molar-refractivity contribution is 14.1. The Labute approximate surface area is 97.0 Å². The predicted molar refractivity (Wildman–Crippen MR) is 65.1 cm³/mol. The second kappa shape index (κ2) is 5.85. The van der Waals surface area contributed by atoms with E-state index in [2.05, 4.69) is 5.32 Å².